The van der Waals surface area contributed by atoms with E-state index in [1.54, 1.807) is 0 Å². The summed E-state index contributed by atoms with van der Waals surface area (Å²) < 4.78 is 1.09. The van der Waals surface area contributed by atoms with Gasteiger partial charge in [-0.1, -0.05) is 28.1 Å². The number of aliphatic hydroxyl groups excluding tert-OH is 1. The predicted octanol–water partition coefficient (Wildman–Crippen LogP) is 1.35. The van der Waals surface area contributed by atoms with E-state index >= 15 is 0 Å². The van der Waals surface area contributed by atoms with E-state index in [0.717, 1.165) is 17.3 Å². The minimum absolute atomic E-state index is 0.0694. The Balaban J connectivity index is 2.03. The van der Waals surface area contributed by atoms with Gasteiger partial charge in [-0.2, -0.15) is 0 Å². The second-order valence-electron chi connectivity index (χ2n) is 4.36. The Morgan fingerprint density at radius 1 is 1.50 bits per heavy atom. The van der Waals surface area contributed by atoms with Gasteiger partial charge in [0.1, 0.15) is 0 Å². The van der Waals surface area contributed by atoms with Crippen LogP contribution in [-0.4, -0.2) is 24.3 Å². The molecule has 1 aromatic rings. The summed E-state index contributed by atoms with van der Waals surface area (Å²) in [4.78, 5) is 0. The zero-order valence-corrected chi connectivity index (χ0v) is 10.7. The largest absolute Gasteiger partial charge is 0.390 e. The Morgan fingerprint density at radius 3 is 2.81 bits per heavy atom. The van der Waals surface area contributed by atoms with Crippen LogP contribution >= 0.6 is 15.9 Å². The van der Waals surface area contributed by atoms with Crippen LogP contribution in [0.15, 0.2) is 28.7 Å². The van der Waals surface area contributed by atoms with Gasteiger partial charge < -0.3 is 16.2 Å². The number of aliphatic hydroxyl groups is 1. The minimum atomic E-state index is -0.454. The van der Waals surface area contributed by atoms with Gasteiger partial charge in [-0.05, 0) is 30.5 Å². The van der Waals surface area contributed by atoms with Gasteiger partial charge in [0.25, 0.3) is 0 Å². The van der Waals surface area contributed by atoms with Crippen LogP contribution < -0.4 is 11.1 Å². The van der Waals surface area contributed by atoms with E-state index in [-0.39, 0.29) is 5.54 Å². The molecule has 0 heterocycles. The van der Waals surface area contributed by atoms with Gasteiger partial charge in [-0.3, -0.25) is 0 Å². The number of hydrogen-bond acceptors (Lipinski definition) is 3. The van der Waals surface area contributed by atoms with Gasteiger partial charge in [-0.25, -0.2) is 0 Å². The Bertz CT molecular complexity index is 366. The Morgan fingerprint density at radius 2 is 2.25 bits per heavy atom. The summed E-state index contributed by atoms with van der Waals surface area (Å²) in [5.74, 6) is 0. The van der Waals surface area contributed by atoms with E-state index in [2.05, 4.69) is 33.4 Å². The molecule has 0 bridgehead atoms. The fourth-order valence-electron chi connectivity index (χ4n) is 1.88. The molecule has 1 fully saturated rings. The van der Waals surface area contributed by atoms with E-state index in [1.165, 1.54) is 5.56 Å². The van der Waals surface area contributed by atoms with Gasteiger partial charge in [0.15, 0.2) is 0 Å². The maximum atomic E-state index is 9.45. The molecule has 4 N–H and O–H groups in total. The third-order valence-electron chi connectivity index (χ3n) is 3.08. The van der Waals surface area contributed by atoms with Crippen LogP contribution in [0.1, 0.15) is 18.4 Å². The van der Waals surface area contributed by atoms with Crippen molar-refractivity contribution in [3.63, 3.8) is 0 Å². The summed E-state index contributed by atoms with van der Waals surface area (Å²) in [7, 11) is 0. The highest BCUT2D eigenvalue weighted by Gasteiger charge is 2.43. The number of hydrogen-bond donors (Lipinski definition) is 3. The van der Waals surface area contributed by atoms with Crippen LogP contribution in [0, 0.1) is 0 Å². The highest BCUT2D eigenvalue weighted by Crippen LogP contribution is 2.45. The van der Waals surface area contributed by atoms with Gasteiger partial charge in [0.2, 0.25) is 0 Å². The van der Waals surface area contributed by atoms with Crippen molar-refractivity contribution in [1.82, 2.24) is 5.32 Å². The lowest BCUT2D eigenvalue weighted by Crippen LogP contribution is -2.38. The normalized spacial score (nSPS) is 19.4. The number of benzene rings is 1. The molecule has 0 unspecified atom stereocenters. The summed E-state index contributed by atoms with van der Waals surface area (Å²) in [6, 6.07) is 8.32. The van der Waals surface area contributed by atoms with E-state index in [0.29, 0.717) is 13.1 Å². The molecule has 88 valence electrons. The lowest BCUT2D eigenvalue weighted by molar-refractivity contribution is 0.173. The van der Waals surface area contributed by atoms with Crippen LogP contribution in [-0.2, 0) is 5.54 Å². The number of nitrogens with one attached hydrogen (secondary N) is 1. The van der Waals surface area contributed by atoms with Crippen molar-refractivity contribution < 1.29 is 5.11 Å². The third-order valence-corrected chi connectivity index (χ3v) is 3.57. The number of halogens is 1. The SMILES string of the molecule is NC[C@H](O)CNC1(c2cccc(Br)c2)CC1. The minimum Gasteiger partial charge on any atom is -0.390 e. The van der Waals surface area contributed by atoms with Gasteiger partial charge >= 0.3 is 0 Å². The molecule has 0 saturated heterocycles. The third kappa shape index (κ3) is 2.63. The first-order chi connectivity index (χ1) is 7.66. The van der Waals surface area contributed by atoms with Crippen LogP contribution in [0.2, 0.25) is 0 Å². The molecule has 0 aliphatic heterocycles. The van der Waals surface area contributed by atoms with E-state index in [1.807, 2.05) is 12.1 Å². The molecule has 0 radical (unpaired) electrons. The zero-order chi connectivity index (χ0) is 11.6. The summed E-state index contributed by atoms with van der Waals surface area (Å²) in [6.07, 6.45) is 1.80. The average Bonchev–Trinajstić information content (AvgIpc) is 3.07. The van der Waals surface area contributed by atoms with Crippen LogP contribution in [0.25, 0.3) is 0 Å². The highest BCUT2D eigenvalue weighted by molar-refractivity contribution is 9.10. The first kappa shape index (κ1) is 12.0. The molecule has 1 saturated carbocycles. The molecule has 1 atom stereocenters. The van der Waals surface area contributed by atoms with E-state index in [4.69, 9.17) is 5.73 Å². The Labute approximate surface area is 104 Å². The van der Waals surface area contributed by atoms with E-state index in [9.17, 15) is 5.11 Å². The fraction of sp³-hybridized carbons (Fsp3) is 0.500. The molecule has 0 amide bonds. The molecular weight excluding hydrogens is 268 g/mol. The first-order valence-electron chi connectivity index (χ1n) is 5.55. The Kier molecular flexibility index (Phi) is 3.64. The summed E-state index contributed by atoms with van der Waals surface area (Å²) in [6.45, 7) is 0.866. The highest BCUT2D eigenvalue weighted by atomic mass is 79.9. The summed E-state index contributed by atoms with van der Waals surface area (Å²) >= 11 is 3.48. The molecule has 1 aliphatic rings. The van der Waals surface area contributed by atoms with Gasteiger partial charge in [-0.15, -0.1) is 0 Å². The molecule has 16 heavy (non-hydrogen) atoms. The summed E-state index contributed by atoms with van der Waals surface area (Å²) in [5, 5.41) is 12.9. The zero-order valence-electron chi connectivity index (χ0n) is 9.12. The fourth-order valence-corrected chi connectivity index (χ4v) is 2.27. The molecular formula is C12H17BrN2O. The topological polar surface area (TPSA) is 58.3 Å². The molecule has 2 rings (SSSR count). The van der Waals surface area contributed by atoms with Crippen molar-refractivity contribution in [1.29, 1.82) is 0 Å². The van der Waals surface area contributed by atoms with Crippen LogP contribution in [0.4, 0.5) is 0 Å². The monoisotopic (exact) mass is 284 g/mol. The van der Waals surface area contributed by atoms with Crippen molar-refractivity contribution in [2.24, 2.45) is 5.73 Å². The van der Waals surface area contributed by atoms with Crippen LogP contribution in [0.3, 0.4) is 0 Å². The average molecular weight is 285 g/mol. The molecule has 1 aromatic carbocycles. The smallest absolute Gasteiger partial charge is 0.0786 e. The number of nitrogens with two attached hydrogens (primary N) is 1. The molecule has 4 heteroatoms. The standard InChI is InChI=1S/C12H17BrN2O/c13-10-3-1-2-9(6-10)12(4-5-12)15-8-11(16)7-14/h1-3,6,11,15-16H,4-5,7-8,14H2/t11-/m0/s1. The Hall–Kier alpha value is -0.420. The predicted molar refractivity (Wildman–Crippen MR) is 68.1 cm³/mol. The summed E-state index contributed by atoms with van der Waals surface area (Å²) in [5.41, 5.74) is 6.74. The van der Waals surface area contributed by atoms with Crippen molar-refractivity contribution in [3.05, 3.63) is 34.3 Å². The van der Waals surface area contributed by atoms with Crippen molar-refractivity contribution in [2.75, 3.05) is 13.1 Å². The van der Waals surface area contributed by atoms with Gasteiger partial charge in [0.05, 0.1) is 6.10 Å². The van der Waals surface area contributed by atoms with Crippen LogP contribution in [0.5, 0.6) is 0 Å². The molecule has 0 spiro atoms. The second kappa shape index (κ2) is 4.84. The second-order valence-corrected chi connectivity index (χ2v) is 5.28. The molecule has 0 aromatic heterocycles. The quantitative estimate of drug-likeness (QED) is 0.765. The molecule has 3 nitrogen and oxygen atoms in total. The first-order valence-corrected chi connectivity index (χ1v) is 6.35. The van der Waals surface area contributed by atoms with Crippen molar-refractivity contribution in [3.8, 4) is 0 Å². The molecule has 1 aliphatic carbocycles. The number of rotatable bonds is 5. The maximum absolute atomic E-state index is 9.45. The lowest BCUT2D eigenvalue weighted by Gasteiger charge is -2.20. The van der Waals surface area contributed by atoms with E-state index < -0.39 is 6.10 Å². The maximum Gasteiger partial charge on any atom is 0.0786 e. The lowest BCUT2D eigenvalue weighted by atomic mass is 10.0. The van der Waals surface area contributed by atoms with Gasteiger partial charge in [0, 0.05) is 23.1 Å². The van der Waals surface area contributed by atoms with Crippen molar-refractivity contribution >= 4 is 15.9 Å². The van der Waals surface area contributed by atoms with Crippen molar-refractivity contribution in [2.45, 2.75) is 24.5 Å².